The average Bonchev–Trinajstić information content (AvgIpc) is 3.22. The highest BCUT2D eigenvalue weighted by atomic mass is 16.5. The van der Waals surface area contributed by atoms with Gasteiger partial charge in [0.15, 0.2) is 0 Å². The summed E-state index contributed by atoms with van der Waals surface area (Å²) in [5.41, 5.74) is 2.67. The van der Waals surface area contributed by atoms with E-state index >= 15 is 0 Å². The quantitative estimate of drug-likeness (QED) is 0.682. The maximum absolute atomic E-state index is 5.88. The van der Waals surface area contributed by atoms with Crippen LogP contribution in [0.3, 0.4) is 0 Å². The standard InChI is InChI=1S/C17H27NO/c1-3-10-18-17(13-19-11-9-15-7-8-15)16-6-4-5-14(2)12-16/h4-6,12,15,17-18H,3,7-11,13H2,1-2H3. The summed E-state index contributed by atoms with van der Waals surface area (Å²) in [6.45, 7) is 7.10. The van der Waals surface area contributed by atoms with Gasteiger partial charge in [0.25, 0.3) is 0 Å². The van der Waals surface area contributed by atoms with Crippen molar-refractivity contribution in [1.29, 1.82) is 0 Å². The number of benzene rings is 1. The van der Waals surface area contributed by atoms with E-state index in [4.69, 9.17) is 4.74 Å². The smallest absolute Gasteiger partial charge is 0.0661 e. The number of aryl methyl sites for hydroxylation is 1. The van der Waals surface area contributed by atoms with E-state index < -0.39 is 0 Å². The van der Waals surface area contributed by atoms with Gasteiger partial charge in [-0.1, -0.05) is 49.6 Å². The molecule has 0 aliphatic heterocycles. The first-order valence-corrected chi connectivity index (χ1v) is 7.67. The molecule has 2 nitrogen and oxygen atoms in total. The Hall–Kier alpha value is -0.860. The third-order valence-electron chi connectivity index (χ3n) is 3.74. The molecule has 1 aromatic rings. The summed E-state index contributed by atoms with van der Waals surface area (Å²) in [7, 11) is 0. The molecule has 1 aliphatic carbocycles. The molecule has 0 bridgehead atoms. The van der Waals surface area contributed by atoms with Crippen molar-refractivity contribution in [2.24, 2.45) is 5.92 Å². The Morgan fingerprint density at radius 1 is 1.37 bits per heavy atom. The molecule has 1 saturated carbocycles. The molecular formula is C17H27NO. The van der Waals surface area contributed by atoms with Crippen molar-refractivity contribution in [2.45, 2.75) is 45.6 Å². The second-order valence-corrected chi connectivity index (χ2v) is 5.73. The lowest BCUT2D eigenvalue weighted by Gasteiger charge is -2.19. The van der Waals surface area contributed by atoms with E-state index in [0.717, 1.165) is 32.1 Å². The Morgan fingerprint density at radius 2 is 2.21 bits per heavy atom. The zero-order chi connectivity index (χ0) is 13.5. The van der Waals surface area contributed by atoms with E-state index in [1.807, 2.05) is 0 Å². The van der Waals surface area contributed by atoms with Crippen molar-refractivity contribution in [1.82, 2.24) is 5.32 Å². The van der Waals surface area contributed by atoms with Crippen LogP contribution in [0, 0.1) is 12.8 Å². The third-order valence-corrected chi connectivity index (χ3v) is 3.74. The van der Waals surface area contributed by atoms with Crippen molar-refractivity contribution < 1.29 is 4.74 Å². The van der Waals surface area contributed by atoms with E-state index in [0.29, 0.717) is 6.04 Å². The molecule has 106 valence electrons. The lowest BCUT2D eigenvalue weighted by atomic mass is 10.0. The van der Waals surface area contributed by atoms with Gasteiger partial charge in [-0.3, -0.25) is 0 Å². The van der Waals surface area contributed by atoms with Gasteiger partial charge in [0.1, 0.15) is 0 Å². The number of nitrogens with one attached hydrogen (secondary N) is 1. The summed E-state index contributed by atoms with van der Waals surface area (Å²) in [6.07, 6.45) is 5.23. The van der Waals surface area contributed by atoms with Crippen LogP contribution in [0.25, 0.3) is 0 Å². The molecule has 0 radical (unpaired) electrons. The molecule has 0 amide bonds. The first kappa shape index (κ1) is 14.5. The molecule has 0 heterocycles. The Bertz CT molecular complexity index is 373. The fourth-order valence-corrected chi connectivity index (χ4v) is 2.34. The zero-order valence-electron chi connectivity index (χ0n) is 12.3. The lowest BCUT2D eigenvalue weighted by molar-refractivity contribution is 0.106. The van der Waals surface area contributed by atoms with Crippen LogP contribution in [0.2, 0.25) is 0 Å². The molecule has 1 atom stereocenters. The molecule has 19 heavy (non-hydrogen) atoms. The Balaban J connectivity index is 1.82. The first-order chi connectivity index (χ1) is 9.29. The second-order valence-electron chi connectivity index (χ2n) is 5.73. The molecule has 0 aromatic heterocycles. The molecule has 1 N–H and O–H groups in total. The summed E-state index contributed by atoms with van der Waals surface area (Å²) in [4.78, 5) is 0. The minimum Gasteiger partial charge on any atom is -0.379 e. The fourth-order valence-electron chi connectivity index (χ4n) is 2.34. The van der Waals surface area contributed by atoms with E-state index in [-0.39, 0.29) is 0 Å². The van der Waals surface area contributed by atoms with E-state index in [9.17, 15) is 0 Å². The van der Waals surface area contributed by atoms with E-state index in [2.05, 4.69) is 43.4 Å². The number of hydrogen-bond donors (Lipinski definition) is 1. The van der Waals surface area contributed by atoms with Crippen LogP contribution < -0.4 is 5.32 Å². The fraction of sp³-hybridized carbons (Fsp3) is 0.647. The largest absolute Gasteiger partial charge is 0.379 e. The van der Waals surface area contributed by atoms with Crippen LogP contribution >= 0.6 is 0 Å². The van der Waals surface area contributed by atoms with Gasteiger partial charge in [0.05, 0.1) is 12.6 Å². The molecule has 0 saturated heterocycles. The predicted octanol–water partition coefficient (Wildman–Crippen LogP) is 3.85. The lowest BCUT2D eigenvalue weighted by Crippen LogP contribution is -2.26. The number of ether oxygens (including phenoxy) is 1. The van der Waals surface area contributed by atoms with Crippen LogP contribution in [0.15, 0.2) is 24.3 Å². The highest BCUT2D eigenvalue weighted by molar-refractivity contribution is 5.25. The van der Waals surface area contributed by atoms with Crippen LogP contribution in [0.5, 0.6) is 0 Å². The molecule has 1 unspecified atom stereocenters. The number of rotatable bonds is 9. The van der Waals surface area contributed by atoms with Gasteiger partial charge in [-0.15, -0.1) is 0 Å². The summed E-state index contributed by atoms with van der Waals surface area (Å²) in [5, 5.41) is 3.59. The van der Waals surface area contributed by atoms with Gasteiger partial charge < -0.3 is 10.1 Å². The van der Waals surface area contributed by atoms with Crippen LogP contribution in [-0.4, -0.2) is 19.8 Å². The van der Waals surface area contributed by atoms with Gasteiger partial charge in [0.2, 0.25) is 0 Å². The van der Waals surface area contributed by atoms with E-state index in [1.165, 1.54) is 30.4 Å². The minimum atomic E-state index is 0.332. The highest BCUT2D eigenvalue weighted by Crippen LogP contribution is 2.32. The molecule has 1 fully saturated rings. The van der Waals surface area contributed by atoms with Crippen molar-refractivity contribution in [2.75, 3.05) is 19.8 Å². The molecule has 1 aliphatic rings. The second kappa shape index (κ2) is 7.66. The molecular weight excluding hydrogens is 234 g/mol. The third kappa shape index (κ3) is 5.33. The van der Waals surface area contributed by atoms with Gasteiger partial charge in [-0.2, -0.15) is 0 Å². The van der Waals surface area contributed by atoms with Crippen molar-refractivity contribution >= 4 is 0 Å². The summed E-state index contributed by atoms with van der Waals surface area (Å²) in [5.74, 6) is 0.959. The van der Waals surface area contributed by atoms with Gasteiger partial charge in [-0.25, -0.2) is 0 Å². The Labute approximate surface area is 117 Å². The van der Waals surface area contributed by atoms with Crippen LogP contribution in [-0.2, 0) is 4.74 Å². The van der Waals surface area contributed by atoms with Gasteiger partial charge >= 0.3 is 0 Å². The normalized spacial score (nSPS) is 16.5. The highest BCUT2D eigenvalue weighted by Gasteiger charge is 2.20. The molecule has 1 aromatic carbocycles. The molecule has 0 spiro atoms. The Morgan fingerprint density at radius 3 is 2.89 bits per heavy atom. The maximum Gasteiger partial charge on any atom is 0.0661 e. The monoisotopic (exact) mass is 261 g/mol. The molecule has 2 rings (SSSR count). The van der Waals surface area contributed by atoms with Crippen molar-refractivity contribution in [3.05, 3.63) is 35.4 Å². The molecule has 2 heteroatoms. The van der Waals surface area contributed by atoms with E-state index in [1.54, 1.807) is 0 Å². The van der Waals surface area contributed by atoms with Gasteiger partial charge in [-0.05, 0) is 37.8 Å². The predicted molar refractivity (Wildman–Crippen MR) is 80.4 cm³/mol. The summed E-state index contributed by atoms with van der Waals surface area (Å²) < 4.78 is 5.88. The summed E-state index contributed by atoms with van der Waals surface area (Å²) in [6, 6.07) is 9.07. The topological polar surface area (TPSA) is 21.3 Å². The first-order valence-electron chi connectivity index (χ1n) is 7.67. The average molecular weight is 261 g/mol. The Kier molecular flexibility index (Phi) is 5.87. The van der Waals surface area contributed by atoms with Crippen LogP contribution in [0.4, 0.5) is 0 Å². The minimum absolute atomic E-state index is 0.332. The SMILES string of the molecule is CCCNC(COCCC1CC1)c1cccc(C)c1. The zero-order valence-corrected chi connectivity index (χ0v) is 12.3. The van der Waals surface area contributed by atoms with Crippen molar-refractivity contribution in [3.8, 4) is 0 Å². The maximum atomic E-state index is 5.88. The van der Waals surface area contributed by atoms with Crippen LogP contribution in [0.1, 0.15) is 49.8 Å². The van der Waals surface area contributed by atoms with Crippen molar-refractivity contribution in [3.63, 3.8) is 0 Å². The summed E-state index contributed by atoms with van der Waals surface area (Å²) >= 11 is 0. The number of hydrogen-bond acceptors (Lipinski definition) is 2. The van der Waals surface area contributed by atoms with Gasteiger partial charge in [0, 0.05) is 6.61 Å².